The Bertz CT molecular complexity index is 329. The Morgan fingerprint density at radius 1 is 1.60 bits per heavy atom. The molecule has 0 radical (unpaired) electrons. The van der Waals surface area contributed by atoms with E-state index in [0.717, 1.165) is 15.8 Å². The van der Waals surface area contributed by atoms with E-state index in [1.54, 1.807) is 17.5 Å². The third kappa shape index (κ3) is 0.580. The van der Waals surface area contributed by atoms with Crippen LogP contribution >= 0.6 is 11.3 Å². The van der Waals surface area contributed by atoms with E-state index in [2.05, 4.69) is 0 Å². The third-order valence-electron chi connectivity index (χ3n) is 1.59. The fourth-order valence-corrected chi connectivity index (χ4v) is 1.94. The van der Waals surface area contributed by atoms with E-state index in [9.17, 15) is 5.21 Å². The molecule has 0 saturated carbocycles. The van der Waals surface area contributed by atoms with Crippen molar-refractivity contribution in [1.29, 1.82) is 0 Å². The fraction of sp³-hybridized carbons (Fsp3) is 0.143. The van der Waals surface area contributed by atoms with Crippen molar-refractivity contribution in [2.45, 2.75) is 6.92 Å². The van der Waals surface area contributed by atoms with E-state index in [1.165, 1.54) is 4.73 Å². The molecule has 0 atom stereocenters. The first-order valence-electron chi connectivity index (χ1n) is 3.03. The molecule has 2 aromatic rings. The van der Waals surface area contributed by atoms with Gasteiger partial charge in [-0.1, -0.05) is 0 Å². The van der Waals surface area contributed by atoms with Gasteiger partial charge in [0, 0.05) is 11.6 Å². The maximum Gasteiger partial charge on any atom is 0.139 e. The summed E-state index contributed by atoms with van der Waals surface area (Å²) in [5, 5.41) is 12.3. The Morgan fingerprint density at radius 3 is 3.10 bits per heavy atom. The van der Waals surface area contributed by atoms with E-state index in [-0.39, 0.29) is 0 Å². The van der Waals surface area contributed by atoms with Gasteiger partial charge in [0.25, 0.3) is 0 Å². The highest BCUT2D eigenvalue weighted by atomic mass is 32.1. The number of hydrogen-bond acceptors (Lipinski definition) is 2. The van der Waals surface area contributed by atoms with Gasteiger partial charge in [-0.25, -0.2) is 0 Å². The Balaban J connectivity index is 2.98. The Kier molecular flexibility index (Phi) is 1.02. The standard InChI is InChI=1S/C7H7NOS/c1-5-4-8(9)7-6(5)2-3-10-7/h2-4,9H,1H3. The number of fused-ring (bicyclic) bond motifs is 1. The smallest absolute Gasteiger partial charge is 0.139 e. The highest BCUT2D eigenvalue weighted by Gasteiger charge is 2.03. The van der Waals surface area contributed by atoms with Gasteiger partial charge < -0.3 is 5.21 Å². The van der Waals surface area contributed by atoms with Crippen molar-refractivity contribution in [3.05, 3.63) is 23.2 Å². The molecule has 0 saturated heterocycles. The highest BCUT2D eigenvalue weighted by Crippen LogP contribution is 2.24. The molecule has 1 N–H and O–H groups in total. The predicted molar refractivity (Wildman–Crippen MR) is 41.7 cm³/mol. The van der Waals surface area contributed by atoms with Crippen LogP contribution in [0.5, 0.6) is 0 Å². The number of hydrogen-bond donors (Lipinski definition) is 1. The average molecular weight is 153 g/mol. The molecule has 2 aromatic heterocycles. The van der Waals surface area contributed by atoms with Crippen molar-refractivity contribution in [3.63, 3.8) is 0 Å². The van der Waals surface area contributed by atoms with Crippen LogP contribution in [-0.2, 0) is 0 Å². The second-order valence-electron chi connectivity index (χ2n) is 2.30. The second kappa shape index (κ2) is 1.76. The summed E-state index contributed by atoms with van der Waals surface area (Å²) in [5.41, 5.74) is 1.12. The molecule has 0 amide bonds. The van der Waals surface area contributed by atoms with Gasteiger partial charge in [-0.2, -0.15) is 4.73 Å². The SMILES string of the molecule is Cc1cn(O)c2sccc12. The molecular formula is C7H7NOS. The molecule has 2 rings (SSSR count). The predicted octanol–water partition coefficient (Wildman–Crippen LogP) is 2.25. The number of nitrogens with zero attached hydrogens (tertiary/aromatic N) is 1. The minimum Gasteiger partial charge on any atom is -0.428 e. The Morgan fingerprint density at radius 2 is 2.40 bits per heavy atom. The van der Waals surface area contributed by atoms with Crippen LogP contribution in [0, 0.1) is 6.92 Å². The van der Waals surface area contributed by atoms with Crippen LogP contribution in [-0.4, -0.2) is 9.94 Å². The van der Waals surface area contributed by atoms with E-state index >= 15 is 0 Å². The van der Waals surface area contributed by atoms with Crippen LogP contribution in [0.3, 0.4) is 0 Å². The highest BCUT2D eigenvalue weighted by molar-refractivity contribution is 7.16. The van der Waals surface area contributed by atoms with Gasteiger partial charge in [0.1, 0.15) is 4.83 Å². The lowest BCUT2D eigenvalue weighted by Gasteiger charge is -1.85. The first kappa shape index (κ1) is 5.80. The van der Waals surface area contributed by atoms with Gasteiger partial charge in [-0.05, 0) is 23.9 Å². The lowest BCUT2D eigenvalue weighted by molar-refractivity contribution is 0.201. The first-order valence-corrected chi connectivity index (χ1v) is 3.91. The van der Waals surface area contributed by atoms with Gasteiger partial charge in [0.05, 0.1) is 0 Å². The minimum atomic E-state index is 0.928. The molecule has 0 fully saturated rings. The zero-order valence-electron chi connectivity index (χ0n) is 5.53. The summed E-state index contributed by atoms with van der Waals surface area (Å²) in [4.78, 5) is 0.928. The maximum atomic E-state index is 9.21. The van der Waals surface area contributed by atoms with E-state index in [0.29, 0.717) is 0 Å². The summed E-state index contributed by atoms with van der Waals surface area (Å²) in [6.45, 7) is 1.99. The van der Waals surface area contributed by atoms with Gasteiger partial charge >= 0.3 is 0 Å². The lowest BCUT2D eigenvalue weighted by atomic mass is 10.3. The topological polar surface area (TPSA) is 25.2 Å². The molecule has 10 heavy (non-hydrogen) atoms. The lowest BCUT2D eigenvalue weighted by Crippen LogP contribution is -1.81. The summed E-state index contributed by atoms with van der Waals surface area (Å²) in [5.74, 6) is 0. The molecule has 0 spiro atoms. The fourth-order valence-electron chi connectivity index (χ4n) is 1.09. The van der Waals surface area contributed by atoms with Crippen LogP contribution in [0.4, 0.5) is 0 Å². The molecule has 0 aliphatic rings. The zero-order chi connectivity index (χ0) is 7.14. The van der Waals surface area contributed by atoms with Crippen molar-refractivity contribution >= 4 is 21.6 Å². The van der Waals surface area contributed by atoms with Gasteiger partial charge in [-0.3, -0.25) is 0 Å². The van der Waals surface area contributed by atoms with E-state index < -0.39 is 0 Å². The molecule has 0 aromatic carbocycles. The van der Waals surface area contributed by atoms with Crippen LogP contribution in [0.15, 0.2) is 17.6 Å². The van der Waals surface area contributed by atoms with Crippen LogP contribution < -0.4 is 0 Å². The molecule has 3 heteroatoms. The minimum absolute atomic E-state index is 0.928. The summed E-state index contributed by atoms with van der Waals surface area (Å²) in [6, 6.07) is 2.02. The summed E-state index contributed by atoms with van der Waals surface area (Å²) >= 11 is 1.55. The maximum absolute atomic E-state index is 9.21. The van der Waals surface area contributed by atoms with Crippen LogP contribution in [0.25, 0.3) is 10.2 Å². The molecule has 2 nitrogen and oxygen atoms in total. The number of rotatable bonds is 0. The van der Waals surface area contributed by atoms with Crippen molar-refractivity contribution in [3.8, 4) is 0 Å². The van der Waals surface area contributed by atoms with Crippen molar-refractivity contribution in [1.82, 2.24) is 4.73 Å². The number of aromatic nitrogens is 1. The van der Waals surface area contributed by atoms with Crippen LogP contribution in [0.1, 0.15) is 5.56 Å². The summed E-state index contributed by atoms with van der Waals surface area (Å²) in [7, 11) is 0. The van der Waals surface area contributed by atoms with Crippen molar-refractivity contribution in [2.75, 3.05) is 0 Å². The summed E-state index contributed by atoms with van der Waals surface area (Å²) < 4.78 is 1.18. The number of thiophene rings is 1. The monoisotopic (exact) mass is 153 g/mol. The second-order valence-corrected chi connectivity index (χ2v) is 3.19. The van der Waals surface area contributed by atoms with Crippen molar-refractivity contribution < 1.29 is 5.21 Å². The molecular weight excluding hydrogens is 146 g/mol. The molecule has 52 valence electrons. The van der Waals surface area contributed by atoms with E-state index in [1.807, 2.05) is 18.4 Å². The molecule has 0 aliphatic heterocycles. The van der Waals surface area contributed by atoms with E-state index in [4.69, 9.17) is 0 Å². The first-order chi connectivity index (χ1) is 4.79. The van der Waals surface area contributed by atoms with Gasteiger partial charge in [0.15, 0.2) is 0 Å². The quantitative estimate of drug-likeness (QED) is 0.577. The molecule has 2 heterocycles. The molecule has 0 unspecified atom stereocenters. The van der Waals surface area contributed by atoms with Gasteiger partial charge in [0.2, 0.25) is 0 Å². The zero-order valence-corrected chi connectivity index (χ0v) is 6.35. The Hall–Kier alpha value is -0.960. The molecule has 0 bridgehead atoms. The van der Waals surface area contributed by atoms with Crippen molar-refractivity contribution in [2.24, 2.45) is 0 Å². The third-order valence-corrected chi connectivity index (χ3v) is 2.50. The Labute approximate surface area is 62.3 Å². The van der Waals surface area contributed by atoms with Gasteiger partial charge in [-0.15, -0.1) is 11.3 Å². The average Bonchev–Trinajstić information content (AvgIpc) is 2.39. The van der Waals surface area contributed by atoms with Crippen LogP contribution in [0.2, 0.25) is 0 Å². The summed E-state index contributed by atoms with van der Waals surface area (Å²) in [6.07, 6.45) is 1.72. The normalized spacial score (nSPS) is 10.9. The molecule has 0 aliphatic carbocycles. The largest absolute Gasteiger partial charge is 0.428 e. The number of aryl methyl sites for hydroxylation is 1.